The van der Waals surface area contributed by atoms with Crippen molar-refractivity contribution in [2.75, 3.05) is 7.05 Å². The van der Waals surface area contributed by atoms with Crippen LogP contribution >= 0.6 is 39.1 Å². The van der Waals surface area contributed by atoms with Crippen LogP contribution in [0.3, 0.4) is 0 Å². The van der Waals surface area contributed by atoms with Crippen LogP contribution in [0.4, 0.5) is 5.69 Å². The van der Waals surface area contributed by atoms with Crippen LogP contribution in [-0.2, 0) is 0 Å². The summed E-state index contributed by atoms with van der Waals surface area (Å²) in [6, 6.07) is 14.1. The largest absolute Gasteiger partial charge is 0.442 e. The van der Waals surface area contributed by atoms with Gasteiger partial charge in [-0.25, -0.2) is 4.99 Å². The zero-order valence-electron chi connectivity index (χ0n) is 16.1. The molecule has 0 atom stereocenters. The van der Waals surface area contributed by atoms with E-state index >= 15 is 0 Å². The molecule has 0 unspecified atom stereocenters. The van der Waals surface area contributed by atoms with Crippen molar-refractivity contribution in [3.63, 3.8) is 0 Å². The van der Waals surface area contributed by atoms with E-state index in [0.29, 0.717) is 21.9 Å². The Bertz CT molecular complexity index is 989. The maximum Gasteiger partial charge on any atom is 0.215 e. The normalized spacial score (nSPS) is 11.4. The van der Waals surface area contributed by atoms with Gasteiger partial charge in [-0.15, -0.1) is 0 Å². The summed E-state index contributed by atoms with van der Waals surface area (Å²) in [6.07, 6.45) is 1.82. The summed E-state index contributed by atoms with van der Waals surface area (Å²) in [5, 5.41) is 1.17. The van der Waals surface area contributed by atoms with Crippen LogP contribution in [0.15, 0.2) is 51.9 Å². The van der Waals surface area contributed by atoms with Gasteiger partial charge >= 0.3 is 0 Å². The first kappa shape index (κ1) is 20.8. The lowest BCUT2D eigenvalue weighted by atomic mass is 10.1. The van der Waals surface area contributed by atoms with Crippen molar-refractivity contribution >= 4 is 51.1 Å². The first-order valence-corrected chi connectivity index (χ1v) is 10.8. The van der Waals surface area contributed by atoms with Crippen molar-refractivity contribution in [2.45, 2.75) is 26.8 Å². The second kappa shape index (κ2) is 9.07. The second-order valence-corrected chi connectivity index (χ2v) is 8.61. The molecule has 0 fully saturated rings. The molecule has 0 radical (unpaired) electrons. The molecule has 0 amide bonds. The molecule has 4 nitrogen and oxygen atoms in total. The maximum atomic E-state index is 6.46. The van der Waals surface area contributed by atoms with E-state index in [2.05, 4.69) is 39.1 Å². The monoisotopic (exact) mass is 477 g/mol. The maximum absolute atomic E-state index is 6.46. The molecular weight excluding hydrogens is 458 g/mol. The van der Waals surface area contributed by atoms with Gasteiger partial charge in [-0.1, -0.05) is 41.9 Å². The molecule has 1 heterocycles. The molecule has 0 saturated heterocycles. The van der Waals surface area contributed by atoms with Gasteiger partial charge in [-0.05, 0) is 54.4 Å². The third kappa shape index (κ3) is 4.74. The Balaban J connectivity index is 1.84. The van der Waals surface area contributed by atoms with Gasteiger partial charge in [0.15, 0.2) is 0 Å². The first-order chi connectivity index (χ1) is 13.4. The fourth-order valence-electron chi connectivity index (χ4n) is 2.35. The summed E-state index contributed by atoms with van der Waals surface area (Å²) in [6.45, 7) is 6.21. The van der Waals surface area contributed by atoms with Gasteiger partial charge in [0.1, 0.15) is 11.4 Å². The van der Waals surface area contributed by atoms with Crippen LogP contribution in [0.5, 0.6) is 10.8 Å². The molecule has 1 aromatic heterocycles. The lowest BCUT2D eigenvalue weighted by molar-refractivity contribution is 0.429. The Hall–Kier alpha value is -1.89. The highest BCUT2D eigenvalue weighted by Crippen LogP contribution is 2.43. The molecule has 0 bridgehead atoms. The van der Waals surface area contributed by atoms with E-state index in [1.807, 2.05) is 67.7 Å². The van der Waals surface area contributed by atoms with Gasteiger partial charge in [0, 0.05) is 30.2 Å². The molecule has 2 aromatic carbocycles. The second-order valence-electron chi connectivity index (χ2n) is 6.67. The zero-order valence-corrected chi connectivity index (χ0v) is 19.3. The number of rotatable bonds is 6. The van der Waals surface area contributed by atoms with E-state index in [-0.39, 0.29) is 0 Å². The Kier molecular flexibility index (Phi) is 6.75. The standard InChI is InChI=1S/C21H21BrClN3OS/c1-13(2)26(4)12-24-17-11-16(23)18(10-14(17)3)27-21-19(22)20(25-28-21)15-8-6-5-7-9-15/h5-13H,1-4H3/b24-12-. The summed E-state index contributed by atoms with van der Waals surface area (Å²) >= 11 is 11.4. The number of nitrogens with zero attached hydrogens (tertiary/aromatic N) is 3. The molecule has 0 aliphatic heterocycles. The Morgan fingerprint density at radius 3 is 2.64 bits per heavy atom. The van der Waals surface area contributed by atoms with Crippen LogP contribution in [0.25, 0.3) is 11.3 Å². The van der Waals surface area contributed by atoms with Gasteiger partial charge in [-0.3, -0.25) is 0 Å². The number of aryl methyl sites for hydroxylation is 1. The number of ether oxygens (including phenoxy) is 1. The van der Waals surface area contributed by atoms with Crippen molar-refractivity contribution in [2.24, 2.45) is 4.99 Å². The van der Waals surface area contributed by atoms with Crippen LogP contribution in [0.2, 0.25) is 5.02 Å². The number of hydrogen-bond donors (Lipinski definition) is 0. The fourth-order valence-corrected chi connectivity index (χ4v) is 3.96. The van der Waals surface area contributed by atoms with E-state index in [1.54, 1.807) is 0 Å². The molecule has 0 N–H and O–H groups in total. The molecule has 3 aromatic rings. The van der Waals surface area contributed by atoms with Gasteiger partial charge in [-0.2, -0.15) is 4.37 Å². The topological polar surface area (TPSA) is 37.7 Å². The molecular formula is C21H21BrClN3OS. The van der Waals surface area contributed by atoms with E-state index in [0.717, 1.165) is 27.0 Å². The third-order valence-electron chi connectivity index (χ3n) is 4.30. The van der Waals surface area contributed by atoms with Crippen molar-refractivity contribution in [1.82, 2.24) is 9.27 Å². The Morgan fingerprint density at radius 2 is 1.96 bits per heavy atom. The van der Waals surface area contributed by atoms with Gasteiger partial charge in [0.2, 0.25) is 5.06 Å². The Labute approximate surface area is 183 Å². The number of halogens is 2. The predicted molar refractivity (Wildman–Crippen MR) is 123 cm³/mol. The summed E-state index contributed by atoms with van der Waals surface area (Å²) in [4.78, 5) is 6.58. The van der Waals surface area contributed by atoms with Crippen LogP contribution < -0.4 is 4.74 Å². The molecule has 0 aliphatic carbocycles. The number of benzene rings is 2. The zero-order chi connectivity index (χ0) is 20.3. The molecule has 0 spiro atoms. The fraction of sp³-hybridized carbons (Fsp3) is 0.238. The summed E-state index contributed by atoms with van der Waals surface area (Å²) in [7, 11) is 1.99. The van der Waals surface area contributed by atoms with Gasteiger partial charge in [0.25, 0.3) is 0 Å². The summed E-state index contributed by atoms with van der Waals surface area (Å²) < 4.78 is 11.4. The third-order valence-corrected chi connectivity index (χ3v) is 6.32. The number of aromatic nitrogens is 1. The highest BCUT2D eigenvalue weighted by molar-refractivity contribution is 9.10. The van der Waals surface area contributed by atoms with Gasteiger partial charge in [0.05, 0.1) is 21.5 Å². The van der Waals surface area contributed by atoms with E-state index in [1.165, 1.54) is 11.5 Å². The van der Waals surface area contributed by atoms with E-state index in [9.17, 15) is 0 Å². The van der Waals surface area contributed by atoms with Crippen LogP contribution in [-0.4, -0.2) is 28.7 Å². The van der Waals surface area contributed by atoms with Crippen LogP contribution in [0.1, 0.15) is 19.4 Å². The number of hydrogen-bond acceptors (Lipinski definition) is 4. The SMILES string of the molecule is Cc1cc(Oc2snc(-c3ccccc3)c2Br)c(Cl)cc1/N=C\N(C)C(C)C. The molecule has 0 aliphatic rings. The minimum absolute atomic E-state index is 0.379. The molecule has 146 valence electrons. The van der Waals surface area contributed by atoms with Crippen LogP contribution in [0, 0.1) is 6.92 Å². The molecule has 7 heteroatoms. The van der Waals surface area contributed by atoms with Crippen molar-refractivity contribution in [3.05, 3.63) is 57.5 Å². The minimum Gasteiger partial charge on any atom is -0.442 e. The lowest BCUT2D eigenvalue weighted by Crippen LogP contribution is -2.24. The lowest BCUT2D eigenvalue weighted by Gasteiger charge is -2.17. The number of aliphatic imine (C=N–C) groups is 1. The van der Waals surface area contributed by atoms with Gasteiger partial charge < -0.3 is 9.64 Å². The van der Waals surface area contributed by atoms with E-state index < -0.39 is 0 Å². The molecule has 28 heavy (non-hydrogen) atoms. The molecule has 0 saturated carbocycles. The highest BCUT2D eigenvalue weighted by Gasteiger charge is 2.17. The summed E-state index contributed by atoms with van der Waals surface area (Å²) in [5.41, 5.74) is 3.68. The average molecular weight is 479 g/mol. The molecule has 3 rings (SSSR count). The Morgan fingerprint density at radius 1 is 1.25 bits per heavy atom. The van der Waals surface area contributed by atoms with Crippen molar-refractivity contribution in [3.8, 4) is 22.1 Å². The summed E-state index contributed by atoms with van der Waals surface area (Å²) in [5.74, 6) is 0.583. The average Bonchev–Trinajstić information content (AvgIpc) is 3.04. The van der Waals surface area contributed by atoms with E-state index in [4.69, 9.17) is 16.3 Å². The smallest absolute Gasteiger partial charge is 0.215 e. The first-order valence-electron chi connectivity index (χ1n) is 8.81. The van der Waals surface area contributed by atoms with Crippen molar-refractivity contribution in [1.29, 1.82) is 0 Å². The predicted octanol–water partition coefficient (Wildman–Crippen LogP) is 7.33. The minimum atomic E-state index is 0.379. The highest BCUT2D eigenvalue weighted by atomic mass is 79.9. The quantitative estimate of drug-likeness (QED) is 0.275. The van der Waals surface area contributed by atoms with Crippen molar-refractivity contribution < 1.29 is 4.74 Å².